The second-order valence-corrected chi connectivity index (χ2v) is 10.3. The maximum absolute atomic E-state index is 13.4. The molecule has 5 nitrogen and oxygen atoms in total. The van der Waals surface area contributed by atoms with E-state index in [1.54, 1.807) is 30.6 Å². The average Bonchev–Trinajstić information content (AvgIpc) is 3.25. The summed E-state index contributed by atoms with van der Waals surface area (Å²) in [5.41, 5.74) is 2.48. The molecule has 0 atom stereocenters. The number of carbonyl (C=O) groups is 2. The quantitative estimate of drug-likeness (QED) is 0.309. The van der Waals surface area contributed by atoms with Gasteiger partial charge in [0.05, 0.1) is 22.0 Å². The maximum atomic E-state index is 13.4. The minimum Gasteiger partial charge on any atom is -0.325 e. The summed E-state index contributed by atoms with van der Waals surface area (Å²) in [6.07, 6.45) is 0.580. The lowest BCUT2D eigenvalue weighted by Crippen LogP contribution is -2.28. The number of anilines is 2. The Morgan fingerprint density at radius 2 is 1.88 bits per heavy atom. The van der Waals surface area contributed by atoms with Crippen molar-refractivity contribution in [1.29, 1.82) is 5.26 Å². The SMILES string of the molecule is CN(C(=O)c1c(NSc2ccc(C(C)(C)C)cc2)ccc(Cl)c1C=O)c1ccsc1C#N. The molecule has 1 aromatic heterocycles. The fourth-order valence-corrected chi connectivity index (χ4v) is 4.67. The van der Waals surface area contributed by atoms with Crippen LogP contribution in [0.1, 0.15) is 51.9 Å². The summed E-state index contributed by atoms with van der Waals surface area (Å²) in [5.74, 6) is -0.435. The van der Waals surface area contributed by atoms with Crippen molar-refractivity contribution in [2.75, 3.05) is 16.7 Å². The van der Waals surface area contributed by atoms with E-state index in [9.17, 15) is 14.9 Å². The second-order valence-electron chi connectivity index (χ2n) is 8.09. The molecule has 0 radical (unpaired) electrons. The van der Waals surface area contributed by atoms with Crippen LogP contribution in [0.4, 0.5) is 11.4 Å². The summed E-state index contributed by atoms with van der Waals surface area (Å²) in [6, 6.07) is 15.2. The van der Waals surface area contributed by atoms with E-state index in [-0.39, 0.29) is 21.6 Å². The van der Waals surface area contributed by atoms with Gasteiger partial charge in [-0.15, -0.1) is 11.3 Å². The van der Waals surface area contributed by atoms with Crippen LogP contribution in [0.25, 0.3) is 0 Å². The molecular weight excluding hydrogens is 462 g/mol. The van der Waals surface area contributed by atoms with E-state index in [0.29, 0.717) is 22.5 Å². The third-order valence-electron chi connectivity index (χ3n) is 4.94. The maximum Gasteiger partial charge on any atom is 0.260 e. The molecule has 0 aliphatic carbocycles. The van der Waals surface area contributed by atoms with Crippen LogP contribution in [0.3, 0.4) is 0 Å². The Kier molecular flexibility index (Phi) is 7.29. The zero-order valence-corrected chi connectivity index (χ0v) is 20.5. The van der Waals surface area contributed by atoms with Gasteiger partial charge in [-0.2, -0.15) is 5.26 Å². The number of thiophene rings is 1. The average molecular weight is 484 g/mol. The van der Waals surface area contributed by atoms with Gasteiger partial charge in [0, 0.05) is 17.5 Å². The Morgan fingerprint density at radius 3 is 2.47 bits per heavy atom. The monoisotopic (exact) mass is 483 g/mol. The van der Waals surface area contributed by atoms with E-state index in [4.69, 9.17) is 11.6 Å². The summed E-state index contributed by atoms with van der Waals surface area (Å²) in [7, 11) is 1.57. The van der Waals surface area contributed by atoms with Gasteiger partial charge in [-0.25, -0.2) is 0 Å². The molecular formula is C24H22ClN3O2S2. The zero-order chi connectivity index (χ0) is 23.5. The van der Waals surface area contributed by atoms with Gasteiger partial charge < -0.3 is 9.62 Å². The van der Waals surface area contributed by atoms with Gasteiger partial charge in [0.1, 0.15) is 10.9 Å². The first kappa shape index (κ1) is 23.9. The highest BCUT2D eigenvalue weighted by molar-refractivity contribution is 8.00. The van der Waals surface area contributed by atoms with Crippen molar-refractivity contribution in [2.45, 2.75) is 31.1 Å². The van der Waals surface area contributed by atoms with E-state index in [0.717, 1.165) is 4.90 Å². The molecule has 0 unspecified atom stereocenters. The van der Waals surface area contributed by atoms with Crippen molar-refractivity contribution >= 4 is 58.5 Å². The van der Waals surface area contributed by atoms with Crippen molar-refractivity contribution < 1.29 is 9.59 Å². The second kappa shape index (κ2) is 9.78. The smallest absolute Gasteiger partial charge is 0.260 e. The number of nitrogens with one attached hydrogen (secondary N) is 1. The molecule has 1 N–H and O–H groups in total. The Morgan fingerprint density at radius 1 is 1.19 bits per heavy atom. The summed E-state index contributed by atoms with van der Waals surface area (Å²) < 4.78 is 3.19. The largest absolute Gasteiger partial charge is 0.325 e. The van der Waals surface area contributed by atoms with Gasteiger partial charge in [0.25, 0.3) is 5.91 Å². The number of hydrogen-bond acceptors (Lipinski definition) is 6. The molecule has 1 amide bonds. The summed E-state index contributed by atoms with van der Waals surface area (Å²) in [6.45, 7) is 6.46. The van der Waals surface area contributed by atoms with Crippen LogP contribution in [-0.2, 0) is 5.41 Å². The molecule has 0 aliphatic heterocycles. The zero-order valence-electron chi connectivity index (χ0n) is 18.1. The number of carbonyl (C=O) groups excluding carboxylic acids is 2. The molecule has 164 valence electrons. The normalized spacial score (nSPS) is 11.0. The molecule has 1 heterocycles. The van der Waals surface area contributed by atoms with Gasteiger partial charge in [0.2, 0.25) is 0 Å². The van der Waals surface area contributed by atoms with E-state index >= 15 is 0 Å². The third-order valence-corrected chi connectivity index (χ3v) is 6.90. The van der Waals surface area contributed by atoms with Gasteiger partial charge in [-0.3, -0.25) is 9.59 Å². The molecule has 0 aliphatic rings. The Hall–Kier alpha value is -2.79. The fraction of sp³-hybridized carbons (Fsp3) is 0.208. The number of aldehydes is 1. The first-order valence-electron chi connectivity index (χ1n) is 9.74. The predicted octanol–water partition coefficient (Wildman–Crippen LogP) is 6.78. The summed E-state index contributed by atoms with van der Waals surface area (Å²) in [5, 5.41) is 11.2. The molecule has 2 aromatic carbocycles. The number of hydrogen-bond donors (Lipinski definition) is 1. The molecule has 32 heavy (non-hydrogen) atoms. The van der Waals surface area contributed by atoms with Gasteiger partial charge in [-0.1, -0.05) is 44.5 Å². The molecule has 3 rings (SSSR count). The molecule has 0 spiro atoms. The molecule has 0 bridgehead atoms. The lowest BCUT2D eigenvalue weighted by molar-refractivity contribution is 0.0987. The Balaban J connectivity index is 1.93. The van der Waals surface area contributed by atoms with Crippen molar-refractivity contribution in [3.05, 3.63) is 74.4 Å². The number of amides is 1. The third kappa shape index (κ3) is 4.99. The highest BCUT2D eigenvalue weighted by atomic mass is 35.5. The van der Waals surface area contributed by atoms with Gasteiger partial charge >= 0.3 is 0 Å². The van der Waals surface area contributed by atoms with E-state index in [1.807, 2.05) is 12.1 Å². The molecule has 3 aromatic rings. The van der Waals surface area contributed by atoms with E-state index in [2.05, 4.69) is 43.7 Å². The minimum absolute atomic E-state index is 0.0553. The highest BCUT2D eigenvalue weighted by Crippen LogP contribution is 2.33. The van der Waals surface area contributed by atoms with Gasteiger partial charge in [-0.05, 0) is 58.6 Å². The first-order valence-corrected chi connectivity index (χ1v) is 11.8. The molecule has 0 saturated carbocycles. The van der Waals surface area contributed by atoms with Crippen molar-refractivity contribution in [3.63, 3.8) is 0 Å². The van der Waals surface area contributed by atoms with Crippen LogP contribution in [0, 0.1) is 11.3 Å². The summed E-state index contributed by atoms with van der Waals surface area (Å²) in [4.78, 5) is 27.9. The standard InChI is InChI=1S/C24H22ClN3O2S2/c1-24(2,3)15-5-7-16(8-6-15)32-27-19-10-9-18(25)17(14-29)22(19)23(30)28(4)20-11-12-31-21(20)13-26/h5-12,14,27H,1-4H3. The topological polar surface area (TPSA) is 73.2 Å². The summed E-state index contributed by atoms with van der Waals surface area (Å²) >= 11 is 8.81. The predicted molar refractivity (Wildman–Crippen MR) is 133 cm³/mol. The molecule has 8 heteroatoms. The van der Waals surface area contributed by atoms with Crippen molar-refractivity contribution in [2.24, 2.45) is 0 Å². The number of halogens is 1. The molecule has 0 fully saturated rings. The van der Waals surface area contributed by atoms with Crippen LogP contribution >= 0.6 is 34.9 Å². The molecule has 0 saturated heterocycles. The lowest BCUT2D eigenvalue weighted by atomic mass is 9.87. The van der Waals surface area contributed by atoms with Crippen LogP contribution in [0.2, 0.25) is 5.02 Å². The fourth-order valence-electron chi connectivity index (χ4n) is 3.09. The van der Waals surface area contributed by atoms with Gasteiger partial charge in [0.15, 0.2) is 6.29 Å². The van der Waals surface area contributed by atoms with Crippen LogP contribution in [0.15, 0.2) is 52.7 Å². The van der Waals surface area contributed by atoms with E-state index < -0.39 is 5.91 Å². The minimum atomic E-state index is -0.435. The Labute approximate surface area is 201 Å². The van der Waals surface area contributed by atoms with Crippen LogP contribution in [-0.4, -0.2) is 19.2 Å². The number of nitrogens with zero attached hydrogens (tertiary/aromatic N) is 2. The lowest BCUT2D eigenvalue weighted by Gasteiger charge is -2.21. The van der Waals surface area contributed by atoms with Crippen molar-refractivity contribution in [3.8, 4) is 6.07 Å². The number of rotatable bonds is 6. The van der Waals surface area contributed by atoms with Crippen molar-refractivity contribution in [1.82, 2.24) is 0 Å². The van der Waals surface area contributed by atoms with E-state index in [1.165, 1.54) is 33.7 Å². The number of nitriles is 1. The van der Waals surface area contributed by atoms with Crippen LogP contribution < -0.4 is 9.62 Å². The first-order chi connectivity index (χ1) is 15.2. The number of benzene rings is 2. The Bertz CT molecular complexity index is 1190. The highest BCUT2D eigenvalue weighted by Gasteiger charge is 2.25. The van der Waals surface area contributed by atoms with Crippen LogP contribution in [0.5, 0.6) is 0 Å².